The number of amides is 1. The average molecular weight is 463 g/mol. The van der Waals surface area contributed by atoms with Crippen LogP contribution in [0.2, 0.25) is 5.02 Å². The van der Waals surface area contributed by atoms with E-state index in [2.05, 4.69) is 31.6 Å². The lowest BCUT2D eigenvalue weighted by molar-refractivity contribution is -0.385. The third-order valence-corrected chi connectivity index (χ3v) is 4.38. The van der Waals surface area contributed by atoms with Gasteiger partial charge in [-0.1, -0.05) is 51.8 Å². The van der Waals surface area contributed by atoms with Crippen LogP contribution >= 0.6 is 27.5 Å². The molecule has 142 valence electrons. The van der Waals surface area contributed by atoms with Crippen LogP contribution in [0.25, 0.3) is 0 Å². The van der Waals surface area contributed by atoms with E-state index in [9.17, 15) is 14.9 Å². The van der Waals surface area contributed by atoms with Crippen LogP contribution in [0.1, 0.15) is 21.6 Å². The quantitative estimate of drug-likeness (QED) is 0.339. The highest BCUT2D eigenvalue weighted by molar-refractivity contribution is 9.10. The van der Waals surface area contributed by atoms with Crippen LogP contribution in [0.3, 0.4) is 0 Å². The SMILES string of the molecule is O=C(NN=Cc1ccc(Cl)cc1)c1nn(Cc2cccc(Br)c2)cc1[N+](=O)[O-]. The van der Waals surface area contributed by atoms with Gasteiger partial charge in [-0.05, 0) is 35.4 Å². The molecule has 1 aromatic heterocycles. The van der Waals surface area contributed by atoms with E-state index in [0.717, 1.165) is 10.0 Å². The normalized spacial score (nSPS) is 10.9. The lowest BCUT2D eigenvalue weighted by atomic mass is 10.2. The van der Waals surface area contributed by atoms with Crippen molar-refractivity contribution >= 4 is 45.3 Å². The zero-order valence-corrected chi connectivity index (χ0v) is 16.6. The zero-order valence-electron chi connectivity index (χ0n) is 14.3. The van der Waals surface area contributed by atoms with Crippen LogP contribution in [-0.2, 0) is 6.54 Å². The van der Waals surface area contributed by atoms with Gasteiger partial charge in [0.05, 0.1) is 17.7 Å². The van der Waals surface area contributed by atoms with Crippen molar-refractivity contribution in [2.45, 2.75) is 6.54 Å². The van der Waals surface area contributed by atoms with Gasteiger partial charge in [0, 0.05) is 9.50 Å². The molecule has 2 aromatic carbocycles. The maximum absolute atomic E-state index is 12.3. The van der Waals surface area contributed by atoms with Gasteiger partial charge in [0.25, 0.3) is 5.91 Å². The Balaban J connectivity index is 1.76. The number of carbonyl (C=O) groups excluding carboxylic acids is 1. The van der Waals surface area contributed by atoms with Crippen LogP contribution in [0.5, 0.6) is 0 Å². The van der Waals surface area contributed by atoms with Crippen molar-refractivity contribution in [3.8, 4) is 0 Å². The Morgan fingerprint density at radius 3 is 2.75 bits per heavy atom. The van der Waals surface area contributed by atoms with Crippen molar-refractivity contribution in [1.29, 1.82) is 0 Å². The molecule has 0 aliphatic carbocycles. The van der Waals surface area contributed by atoms with Crippen LogP contribution < -0.4 is 5.43 Å². The van der Waals surface area contributed by atoms with Crippen LogP contribution in [0.4, 0.5) is 5.69 Å². The van der Waals surface area contributed by atoms with Gasteiger partial charge < -0.3 is 0 Å². The largest absolute Gasteiger partial charge is 0.320 e. The molecule has 0 aliphatic heterocycles. The molecule has 3 aromatic rings. The fraction of sp³-hybridized carbons (Fsp3) is 0.0556. The highest BCUT2D eigenvalue weighted by Crippen LogP contribution is 2.19. The van der Waals surface area contributed by atoms with Crippen molar-refractivity contribution in [2.75, 3.05) is 0 Å². The lowest BCUT2D eigenvalue weighted by Gasteiger charge is -2.01. The number of nitro groups is 1. The first-order chi connectivity index (χ1) is 13.4. The third kappa shape index (κ3) is 5.02. The number of hydrogen-bond donors (Lipinski definition) is 1. The maximum atomic E-state index is 12.3. The molecule has 0 saturated heterocycles. The van der Waals surface area contributed by atoms with Crippen molar-refractivity contribution in [3.63, 3.8) is 0 Å². The van der Waals surface area contributed by atoms with Crippen LogP contribution in [0.15, 0.2) is 64.3 Å². The monoisotopic (exact) mass is 461 g/mol. The second-order valence-electron chi connectivity index (χ2n) is 5.70. The van der Waals surface area contributed by atoms with Crippen molar-refractivity contribution in [2.24, 2.45) is 5.10 Å². The molecule has 0 spiro atoms. The summed E-state index contributed by atoms with van der Waals surface area (Å²) in [4.78, 5) is 22.9. The topological polar surface area (TPSA) is 102 Å². The number of benzene rings is 2. The van der Waals surface area contributed by atoms with Gasteiger partial charge in [0.1, 0.15) is 6.20 Å². The molecule has 0 unspecified atom stereocenters. The number of halogens is 2. The summed E-state index contributed by atoms with van der Waals surface area (Å²) in [6.07, 6.45) is 2.62. The number of hydrogen-bond acceptors (Lipinski definition) is 5. The number of nitrogens with one attached hydrogen (secondary N) is 1. The van der Waals surface area contributed by atoms with E-state index in [0.29, 0.717) is 10.6 Å². The summed E-state index contributed by atoms with van der Waals surface area (Å²) >= 11 is 9.17. The molecule has 0 fully saturated rings. The van der Waals surface area contributed by atoms with Crippen molar-refractivity contribution in [3.05, 3.63) is 91.2 Å². The first-order valence-corrected chi connectivity index (χ1v) is 9.15. The molecule has 28 heavy (non-hydrogen) atoms. The fourth-order valence-electron chi connectivity index (χ4n) is 2.38. The number of carbonyl (C=O) groups is 1. The minimum absolute atomic E-state index is 0.279. The van der Waals surface area contributed by atoms with Crippen LogP contribution in [-0.4, -0.2) is 26.8 Å². The molecule has 1 amide bonds. The summed E-state index contributed by atoms with van der Waals surface area (Å²) in [6.45, 7) is 0.279. The molecular formula is C18H13BrClN5O3. The Hall–Kier alpha value is -3.04. The molecule has 0 bridgehead atoms. The van der Waals surface area contributed by atoms with Gasteiger partial charge in [0.15, 0.2) is 0 Å². The van der Waals surface area contributed by atoms with E-state index in [1.807, 2.05) is 24.3 Å². The van der Waals surface area contributed by atoms with E-state index in [1.165, 1.54) is 17.1 Å². The number of rotatable bonds is 6. The van der Waals surface area contributed by atoms with Gasteiger partial charge in [-0.2, -0.15) is 10.2 Å². The Kier molecular flexibility index (Phi) is 6.17. The Labute approximate surface area is 173 Å². The molecule has 0 radical (unpaired) electrons. The van der Waals surface area contributed by atoms with E-state index in [4.69, 9.17) is 11.6 Å². The first kappa shape index (κ1) is 19.7. The summed E-state index contributed by atoms with van der Waals surface area (Å²) in [6, 6.07) is 14.2. The van der Waals surface area contributed by atoms with E-state index < -0.39 is 16.5 Å². The molecule has 0 aliphatic rings. The predicted octanol–water partition coefficient (Wildman–Crippen LogP) is 4.02. The maximum Gasteiger partial charge on any atom is 0.320 e. The van der Waals surface area contributed by atoms with Gasteiger partial charge in [-0.25, -0.2) is 5.43 Å². The molecule has 3 rings (SSSR count). The summed E-state index contributed by atoms with van der Waals surface area (Å²) in [7, 11) is 0. The molecule has 10 heteroatoms. The van der Waals surface area contributed by atoms with Gasteiger partial charge in [-0.3, -0.25) is 19.6 Å². The average Bonchev–Trinajstić information content (AvgIpc) is 3.07. The number of aromatic nitrogens is 2. The zero-order chi connectivity index (χ0) is 20.1. The number of hydrazone groups is 1. The summed E-state index contributed by atoms with van der Waals surface area (Å²) in [5, 5.41) is 19.7. The van der Waals surface area contributed by atoms with Gasteiger partial charge in [-0.15, -0.1) is 0 Å². The highest BCUT2D eigenvalue weighted by atomic mass is 79.9. The molecule has 0 atom stereocenters. The summed E-state index contributed by atoms with van der Waals surface area (Å²) in [5.74, 6) is -0.773. The fourth-order valence-corrected chi connectivity index (χ4v) is 2.95. The van der Waals surface area contributed by atoms with Crippen molar-refractivity contribution in [1.82, 2.24) is 15.2 Å². The molecular weight excluding hydrogens is 450 g/mol. The molecule has 8 nitrogen and oxygen atoms in total. The van der Waals surface area contributed by atoms with E-state index >= 15 is 0 Å². The van der Waals surface area contributed by atoms with Gasteiger partial charge >= 0.3 is 5.69 Å². The summed E-state index contributed by atoms with van der Waals surface area (Å²) < 4.78 is 2.22. The minimum atomic E-state index is -0.773. The Morgan fingerprint density at radius 2 is 2.07 bits per heavy atom. The van der Waals surface area contributed by atoms with E-state index in [-0.39, 0.29) is 12.2 Å². The third-order valence-electron chi connectivity index (χ3n) is 3.64. The highest BCUT2D eigenvalue weighted by Gasteiger charge is 2.25. The first-order valence-electron chi connectivity index (χ1n) is 7.97. The Bertz CT molecular complexity index is 1050. The molecule has 1 heterocycles. The van der Waals surface area contributed by atoms with E-state index in [1.54, 1.807) is 24.3 Å². The lowest BCUT2D eigenvalue weighted by Crippen LogP contribution is -2.19. The predicted molar refractivity (Wildman–Crippen MR) is 109 cm³/mol. The molecule has 1 N–H and O–H groups in total. The smallest absolute Gasteiger partial charge is 0.265 e. The van der Waals surface area contributed by atoms with Crippen molar-refractivity contribution < 1.29 is 9.72 Å². The number of nitrogens with zero attached hydrogens (tertiary/aromatic N) is 4. The molecule has 0 saturated carbocycles. The van der Waals surface area contributed by atoms with Gasteiger partial charge in [0.2, 0.25) is 5.69 Å². The Morgan fingerprint density at radius 1 is 1.32 bits per heavy atom. The minimum Gasteiger partial charge on any atom is -0.265 e. The second-order valence-corrected chi connectivity index (χ2v) is 7.05. The standard InChI is InChI=1S/C18H13BrClN5O3/c19-14-3-1-2-13(8-14)10-24-11-16(25(27)28)17(23-24)18(26)22-21-9-12-4-6-15(20)7-5-12/h1-9,11H,10H2,(H,22,26). The van der Waals surface area contributed by atoms with Crippen LogP contribution in [0, 0.1) is 10.1 Å². The summed E-state index contributed by atoms with van der Waals surface area (Å²) in [5.41, 5.74) is 3.13. The second kappa shape index (κ2) is 8.77.